The number of carbonyl (C=O) groups excluding carboxylic acids is 2. The number of methoxy groups -OCH3 is 2. The normalized spacial score (nSPS) is 10.7. The third-order valence-electron chi connectivity index (χ3n) is 2.50. The lowest BCUT2D eigenvalue weighted by molar-refractivity contribution is -0.122. The Morgan fingerprint density at radius 3 is 2.30 bits per heavy atom. The van der Waals surface area contributed by atoms with Gasteiger partial charge in [0.25, 0.3) is 5.91 Å². The summed E-state index contributed by atoms with van der Waals surface area (Å²) in [5.74, 6) is 0.432. The molecule has 1 aromatic rings. The van der Waals surface area contributed by atoms with Crippen LogP contribution in [0.15, 0.2) is 23.9 Å². The molecule has 0 aliphatic carbocycles. The van der Waals surface area contributed by atoms with E-state index < -0.39 is 0 Å². The van der Waals surface area contributed by atoms with Gasteiger partial charge in [0.1, 0.15) is 5.70 Å². The van der Waals surface area contributed by atoms with Gasteiger partial charge in [-0.05, 0) is 23.8 Å². The van der Waals surface area contributed by atoms with E-state index in [1.807, 2.05) is 0 Å². The van der Waals surface area contributed by atoms with Crippen molar-refractivity contribution in [3.05, 3.63) is 29.5 Å². The Kier molecular flexibility index (Phi) is 5.58. The van der Waals surface area contributed by atoms with E-state index in [9.17, 15) is 9.59 Å². The highest BCUT2D eigenvalue weighted by atomic mass is 16.5. The van der Waals surface area contributed by atoms with Crippen molar-refractivity contribution >= 4 is 17.9 Å². The van der Waals surface area contributed by atoms with E-state index in [2.05, 4.69) is 10.6 Å². The summed E-state index contributed by atoms with van der Waals surface area (Å²) >= 11 is 0. The molecule has 1 rings (SSSR count). The molecular weight excluding hydrogens is 260 g/mol. The van der Waals surface area contributed by atoms with Crippen molar-refractivity contribution in [2.45, 2.75) is 6.92 Å². The molecule has 6 heteroatoms. The minimum atomic E-state index is -0.380. The number of hydrogen-bond acceptors (Lipinski definition) is 4. The largest absolute Gasteiger partial charge is 0.493 e. The summed E-state index contributed by atoms with van der Waals surface area (Å²) in [5.41, 5.74) is 0.863. The molecule has 0 saturated heterocycles. The number of hydrogen-bond donors (Lipinski definition) is 2. The molecule has 0 atom stereocenters. The topological polar surface area (TPSA) is 76.7 Å². The second kappa shape index (κ2) is 7.18. The summed E-state index contributed by atoms with van der Waals surface area (Å²) in [7, 11) is 4.56. The second-order valence-corrected chi connectivity index (χ2v) is 3.93. The summed E-state index contributed by atoms with van der Waals surface area (Å²) in [5, 5.41) is 4.95. The monoisotopic (exact) mass is 278 g/mol. The molecule has 6 nitrogen and oxygen atoms in total. The fraction of sp³-hybridized carbons (Fsp3) is 0.286. The zero-order valence-electron chi connectivity index (χ0n) is 11.9. The molecule has 0 aromatic heterocycles. The van der Waals surface area contributed by atoms with Crippen molar-refractivity contribution in [2.24, 2.45) is 0 Å². The van der Waals surface area contributed by atoms with E-state index in [0.29, 0.717) is 17.1 Å². The summed E-state index contributed by atoms with van der Waals surface area (Å²) in [6.07, 6.45) is 1.56. The second-order valence-electron chi connectivity index (χ2n) is 3.93. The number of rotatable bonds is 5. The highest BCUT2D eigenvalue weighted by Gasteiger charge is 2.10. The Hall–Kier alpha value is -2.50. The first-order valence-electron chi connectivity index (χ1n) is 5.95. The number of carbonyl (C=O) groups is 2. The van der Waals surface area contributed by atoms with Crippen molar-refractivity contribution in [1.29, 1.82) is 0 Å². The van der Waals surface area contributed by atoms with E-state index in [1.165, 1.54) is 21.1 Å². The van der Waals surface area contributed by atoms with Crippen LogP contribution in [0.5, 0.6) is 11.5 Å². The quantitative estimate of drug-likeness (QED) is 0.785. The maximum Gasteiger partial charge on any atom is 0.267 e. The van der Waals surface area contributed by atoms with Crippen LogP contribution < -0.4 is 20.1 Å². The molecule has 0 radical (unpaired) electrons. The van der Waals surface area contributed by atoms with Gasteiger partial charge in [-0.1, -0.05) is 6.07 Å². The molecule has 2 N–H and O–H groups in total. The van der Waals surface area contributed by atoms with Gasteiger partial charge in [-0.3, -0.25) is 9.59 Å². The number of ether oxygens (including phenoxy) is 2. The van der Waals surface area contributed by atoms with Crippen molar-refractivity contribution in [3.8, 4) is 11.5 Å². The van der Waals surface area contributed by atoms with Gasteiger partial charge >= 0.3 is 0 Å². The number of amides is 2. The number of benzene rings is 1. The van der Waals surface area contributed by atoms with Crippen molar-refractivity contribution in [1.82, 2.24) is 10.6 Å². The number of nitrogens with one attached hydrogen (secondary N) is 2. The van der Waals surface area contributed by atoms with Crippen LogP contribution in [0.1, 0.15) is 12.5 Å². The average Bonchev–Trinajstić information content (AvgIpc) is 2.45. The van der Waals surface area contributed by atoms with E-state index in [1.54, 1.807) is 31.4 Å². The molecule has 2 amide bonds. The Morgan fingerprint density at radius 1 is 1.15 bits per heavy atom. The van der Waals surface area contributed by atoms with Crippen LogP contribution >= 0.6 is 0 Å². The van der Waals surface area contributed by atoms with Gasteiger partial charge in [-0.25, -0.2) is 0 Å². The van der Waals surface area contributed by atoms with Gasteiger partial charge in [0, 0.05) is 14.0 Å². The lowest BCUT2D eigenvalue weighted by Crippen LogP contribution is -2.31. The summed E-state index contributed by atoms with van der Waals surface area (Å²) in [6, 6.07) is 5.19. The number of likely N-dealkylation sites (N-methyl/N-ethyl adjacent to an activating group) is 1. The molecule has 0 aliphatic heterocycles. The molecule has 0 fully saturated rings. The molecule has 0 saturated carbocycles. The van der Waals surface area contributed by atoms with Gasteiger partial charge in [0.2, 0.25) is 5.91 Å². The Labute approximate surface area is 117 Å². The molecule has 0 spiro atoms. The summed E-state index contributed by atoms with van der Waals surface area (Å²) < 4.78 is 10.3. The Balaban J connectivity index is 3.16. The van der Waals surface area contributed by atoms with E-state index in [4.69, 9.17) is 9.47 Å². The van der Waals surface area contributed by atoms with E-state index in [0.717, 1.165) is 0 Å². The Morgan fingerprint density at radius 2 is 1.80 bits per heavy atom. The van der Waals surface area contributed by atoms with Gasteiger partial charge in [-0.2, -0.15) is 0 Å². The molecule has 20 heavy (non-hydrogen) atoms. The molecule has 0 heterocycles. The zero-order chi connectivity index (χ0) is 15.1. The maximum absolute atomic E-state index is 11.7. The first-order valence-corrected chi connectivity index (χ1v) is 5.95. The van der Waals surface area contributed by atoms with Gasteiger partial charge in [-0.15, -0.1) is 0 Å². The van der Waals surface area contributed by atoms with Crippen LogP contribution in [0, 0.1) is 0 Å². The molecular formula is C14H18N2O4. The van der Waals surface area contributed by atoms with Crippen LogP contribution in [0.2, 0.25) is 0 Å². The third-order valence-corrected chi connectivity index (χ3v) is 2.50. The summed E-state index contributed by atoms with van der Waals surface area (Å²) in [6.45, 7) is 1.34. The smallest absolute Gasteiger partial charge is 0.267 e. The van der Waals surface area contributed by atoms with Crippen LogP contribution in [-0.2, 0) is 9.59 Å². The molecule has 0 aliphatic rings. The lowest BCUT2D eigenvalue weighted by Gasteiger charge is -2.09. The maximum atomic E-state index is 11.7. The predicted molar refractivity (Wildman–Crippen MR) is 75.4 cm³/mol. The van der Waals surface area contributed by atoms with E-state index >= 15 is 0 Å². The van der Waals surface area contributed by atoms with Crippen molar-refractivity contribution < 1.29 is 19.1 Å². The van der Waals surface area contributed by atoms with Crippen LogP contribution in [0.4, 0.5) is 0 Å². The third kappa shape index (κ3) is 4.01. The first-order chi connectivity index (χ1) is 9.51. The summed E-state index contributed by atoms with van der Waals surface area (Å²) in [4.78, 5) is 22.8. The molecule has 108 valence electrons. The minimum Gasteiger partial charge on any atom is -0.493 e. The minimum absolute atomic E-state index is 0.159. The van der Waals surface area contributed by atoms with Crippen LogP contribution in [-0.4, -0.2) is 33.1 Å². The standard InChI is InChI=1S/C14H18N2O4/c1-9(17)16-11(14(18)15-2)7-10-5-6-12(19-3)13(8-10)20-4/h5-8H,1-4H3,(H,15,18)(H,16,17). The van der Waals surface area contributed by atoms with Crippen LogP contribution in [0.3, 0.4) is 0 Å². The molecule has 0 bridgehead atoms. The highest BCUT2D eigenvalue weighted by Crippen LogP contribution is 2.28. The van der Waals surface area contributed by atoms with Gasteiger partial charge in [0.05, 0.1) is 14.2 Å². The first kappa shape index (κ1) is 15.6. The predicted octanol–water partition coefficient (Wildman–Crippen LogP) is 0.927. The van der Waals surface area contributed by atoms with Crippen molar-refractivity contribution in [2.75, 3.05) is 21.3 Å². The fourth-order valence-corrected chi connectivity index (χ4v) is 1.59. The fourth-order valence-electron chi connectivity index (χ4n) is 1.59. The lowest BCUT2D eigenvalue weighted by atomic mass is 10.1. The SMILES string of the molecule is CNC(=O)C(=Cc1ccc(OC)c(OC)c1)NC(C)=O. The molecule has 0 unspecified atom stereocenters. The molecule has 1 aromatic carbocycles. The Bertz CT molecular complexity index is 538. The van der Waals surface area contributed by atoms with Gasteiger partial charge < -0.3 is 20.1 Å². The highest BCUT2D eigenvalue weighted by molar-refractivity contribution is 6.00. The zero-order valence-corrected chi connectivity index (χ0v) is 11.9. The van der Waals surface area contributed by atoms with Crippen LogP contribution in [0.25, 0.3) is 6.08 Å². The van der Waals surface area contributed by atoms with E-state index in [-0.39, 0.29) is 17.5 Å². The van der Waals surface area contributed by atoms with Gasteiger partial charge in [0.15, 0.2) is 11.5 Å². The van der Waals surface area contributed by atoms with Crippen molar-refractivity contribution in [3.63, 3.8) is 0 Å². The average molecular weight is 278 g/mol.